The number of ether oxygens (including phenoxy) is 1. The third kappa shape index (κ3) is 3.44. The van der Waals surface area contributed by atoms with Crippen molar-refractivity contribution in [2.45, 2.75) is 58.4 Å². The van der Waals surface area contributed by atoms with Crippen LogP contribution in [0.15, 0.2) is 0 Å². The molecule has 0 spiro atoms. The molecule has 3 heteroatoms. The fourth-order valence-electron chi connectivity index (χ4n) is 3.33. The number of hydrogen-bond acceptors (Lipinski definition) is 3. The second-order valence-corrected chi connectivity index (χ2v) is 5.48. The topological polar surface area (TPSA) is 38.3 Å². The monoisotopic (exact) mass is 241 g/mol. The van der Waals surface area contributed by atoms with Crippen LogP contribution in [0.4, 0.5) is 0 Å². The molecule has 0 aromatic rings. The van der Waals surface area contributed by atoms with Crippen molar-refractivity contribution in [2.24, 2.45) is 11.8 Å². The number of esters is 1. The van der Waals surface area contributed by atoms with Gasteiger partial charge in [-0.3, -0.25) is 4.79 Å². The second-order valence-electron chi connectivity index (χ2n) is 5.48. The van der Waals surface area contributed by atoms with Gasteiger partial charge in [-0.25, -0.2) is 0 Å². The maximum absolute atomic E-state index is 11.8. The van der Waals surface area contributed by atoms with Gasteiger partial charge in [-0.05, 0) is 38.6 Å². The molecule has 0 radical (unpaired) electrons. The first-order valence-electron chi connectivity index (χ1n) is 6.90. The van der Waals surface area contributed by atoms with Crippen LogP contribution in [0.1, 0.15) is 52.9 Å². The summed E-state index contributed by atoms with van der Waals surface area (Å²) in [4.78, 5) is 11.8. The summed E-state index contributed by atoms with van der Waals surface area (Å²) in [7, 11) is 1.99. The highest BCUT2D eigenvalue weighted by Crippen LogP contribution is 2.40. The average Bonchev–Trinajstić information content (AvgIpc) is 2.29. The lowest BCUT2D eigenvalue weighted by Crippen LogP contribution is -2.54. The van der Waals surface area contributed by atoms with E-state index in [1.54, 1.807) is 0 Å². The molecule has 3 nitrogen and oxygen atoms in total. The normalized spacial score (nSPS) is 29.4. The molecule has 1 rings (SSSR count). The summed E-state index contributed by atoms with van der Waals surface area (Å²) < 4.78 is 5.12. The molecule has 2 atom stereocenters. The third-order valence-corrected chi connectivity index (χ3v) is 4.17. The highest BCUT2D eigenvalue weighted by Gasteiger charge is 2.42. The number of rotatable bonds is 5. The largest absolute Gasteiger partial charge is 0.466 e. The summed E-state index contributed by atoms with van der Waals surface area (Å²) in [6, 6.07) is 0. The van der Waals surface area contributed by atoms with E-state index in [-0.39, 0.29) is 11.5 Å². The van der Waals surface area contributed by atoms with E-state index in [0.717, 1.165) is 6.42 Å². The molecule has 0 aromatic heterocycles. The zero-order valence-electron chi connectivity index (χ0n) is 11.7. The van der Waals surface area contributed by atoms with Gasteiger partial charge in [0, 0.05) is 5.54 Å². The second kappa shape index (κ2) is 6.39. The van der Waals surface area contributed by atoms with Crippen molar-refractivity contribution in [2.75, 3.05) is 13.7 Å². The SMILES string of the molecule is CCOC(=O)CC1(NC)CCCCC1C(C)C. The van der Waals surface area contributed by atoms with Gasteiger partial charge in [0.15, 0.2) is 0 Å². The molecule has 1 saturated carbocycles. The van der Waals surface area contributed by atoms with Gasteiger partial charge in [-0.2, -0.15) is 0 Å². The maximum Gasteiger partial charge on any atom is 0.307 e. The Hall–Kier alpha value is -0.570. The molecule has 0 aliphatic heterocycles. The highest BCUT2D eigenvalue weighted by atomic mass is 16.5. The van der Waals surface area contributed by atoms with E-state index < -0.39 is 0 Å². The summed E-state index contributed by atoms with van der Waals surface area (Å²) in [5.41, 5.74) is -0.0430. The van der Waals surface area contributed by atoms with Crippen LogP contribution in [0.2, 0.25) is 0 Å². The fourth-order valence-corrected chi connectivity index (χ4v) is 3.33. The van der Waals surface area contributed by atoms with Crippen molar-refractivity contribution in [1.29, 1.82) is 0 Å². The Balaban J connectivity index is 2.78. The molecule has 1 aliphatic rings. The van der Waals surface area contributed by atoms with Gasteiger partial charge in [0.1, 0.15) is 0 Å². The molecule has 2 unspecified atom stereocenters. The molecule has 1 N–H and O–H groups in total. The van der Waals surface area contributed by atoms with Crippen molar-refractivity contribution < 1.29 is 9.53 Å². The fraction of sp³-hybridized carbons (Fsp3) is 0.929. The minimum Gasteiger partial charge on any atom is -0.466 e. The Morgan fingerprint density at radius 2 is 2.18 bits per heavy atom. The Morgan fingerprint density at radius 1 is 1.47 bits per heavy atom. The van der Waals surface area contributed by atoms with Crippen molar-refractivity contribution in [1.82, 2.24) is 5.32 Å². The van der Waals surface area contributed by atoms with Gasteiger partial charge in [-0.15, -0.1) is 0 Å². The number of carbonyl (C=O) groups is 1. The number of nitrogens with one attached hydrogen (secondary N) is 1. The first kappa shape index (κ1) is 14.5. The molecule has 0 amide bonds. The van der Waals surface area contributed by atoms with Crippen molar-refractivity contribution in [3.8, 4) is 0 Å². The number of hydrogen-bond donors (Lipinski definition) is 1. The Morgan fingerprint density at radius 3 is 2.71 bits per heavy atom. The van der Waals surface area contributed by atoms with Crippen LogP contribution in [-0.4, -0.2) is 25.2 Å². The van der Waals surface area contributed by atoms with Crippen LogP contribution >= 0.6 is 0 Å². The predicted octanol–water partition coefficient (Wildman–Crippen LogP) is 2.74. The molecule has 100 valence electrons. The van der Waals surface area contributed by atoms with Crippen LogP contribution in [0.3, 0.4) is 0 Å². The third-order valence-electron chi connectivity index (χ3n) is 4.17. The Kier molecular flexibility index (Phi) is 5.44. The van der Waals surface area contributed by atoms with Crippen LogP contribution in [0.25, 0.3) is 0 Å². The standard InChI is InChI=1S/C14H27NO2/c1-5-17-13(16)10-14(15-4)9-7-6-8-12(14)11(2)3/h11-12,15H,5-10H2,1-4H3. The van der Waals surface area contributed by atoms with Gasteiger partial charge in [0.05, 0.1) is 13.0 Å². The van der Waals surface area contributed by atoms with Crippen molar-refractivity contribution in [3.63, 3.8) is 0 Å². The maximum atomic E-state index is 11.8. The van der Waals surface area contributed by atoms with Crippen molar-refractivity contribution in [3.05, 3.63) is 0 Å². The average molecular weight is 241 g/mol. The van der Waals surface area contributed by atoms with Crippen LogP contribution in [0.5, 0.6) is 0 Å². The summed E-state index contributed by atoms with van der Waals surface area (Å²) in [6.45, 7) is 6.86. The Labute approximate surface area is 105 Å². The first-order valence-corrected chi connectivity index (χ1v) is 6.90. The minimum absolute atomic E-state index is 0.0430. The van der Waals surface area contributed by atoms with Gasteiger partial charge in [0.25, 0.3) is 0 Å². The van der Waals surface area contributed by atoms with Gasteiger partial charge < -0.3 is 10.1 Å². The lowest BCUT2D eigenvalue weighted by molar-refractivity contribution is -0.146. The van der Waals surface area contributed by atoms with Crippen LogP contribution < -0.4 is 5.32 Å². The first-order chi connectivity index (χ1) is 8.05. The molecule has 0 heterocycles. The molecule has 1 fully saturated rings. The predicted molar refractivity (Wildman–Crippen MR) is 69.8 cm³/mol. The molecule has 17 heavy (non-hydrogen) atoms. The molecule has 0 bridgehead atoms. The van der Waals surface area contributed by atoms with E-state index in [2.05, 4.69) is 19.2 Å². The van der Waals surface area contributed by atoms with E-state index >= 15 is 0 Å². The molecule has 1 aliphatic carbocycles. The smallest absolute Gasteiger partial charge is 0.307 e. The minimum atomic E-state index is -0.0607. The zero-order valence-corrected chi connectivity index (χ0v) is 11.7. The van der Waals surface area contributed by atoms with E-state index in [0.29, 0.717) is 24.9 Å². The summed E-state index contributed by atoms with van der Waals surface area (Å²) in [5.74, 6) is 1.12. The Bertz CT molecular complexity index is 253. The quantitative estimate of drug-likeness (QED) is 0.752. The van der Waals surface area contributed by atoms with Gasteiger partial charge in [0.2, 0.25) is 0 Å². The van der Waals surface area contributed by atoms with E-state index in [4.69, 9.17) is 4.74 Å². The van der Waals surface area contributed by atoms with Crippen LogP contribution in [-0.2, 0) is 9.53 Å². The lowest BCUT2D eigenvalue weighted by atomic mass is 9.66. The van der Waals surface area contributed by atoms with Gasteiger partial charge in [-0.1, -0.05) is 26.7 Å². The molecular weight excluding hydrogens is 214 g/mol. The summed E-state index contributed by atoms with van der Waals surface area (Å²) in [5, 5.41) is 3.44. The lowest BCUT2D eigenvalue weighted by Gasteiger charge is -2.45. The zero-order chi connectivity index (χ0) is 12.9. The van der Waals surface area contributed by atoms with E-state index in [1.165, 1.54) is 19.3 Å². The van der Waals surface area contributed by atoms with E-state index in [1.807, 2.05) is 14.0 Å². The molecular formula is C14H27NO2. The molecule has 0 aromatic carbocycles. The van der Waals surface area contributed by atoms with Crippen molar-refractivity contribution >= 4 is 5.97 Å². The summed E-state index contributed by atoms with van der Waals surface area (Å²) in [6.07, 6.45) is 5.32. The highest BCUT2D eigenvalue weighted by molar-refractivity contribution is 5.71. The summed E-state index contributed by atoms with van der Waals surface area (Å²) >= 11 is 0. The molecule has 0 saturated heterocycles. The van der Waals surface area contributed by atoms with Crippen LogP contribution in [0, 0.1) is 11.8 Å². The van der Waals surface area contributed by atoms with E-state index in [9.17, 15) is 4.79 Å². The number of carbonyl (C=O) groups excluding carboxylic acids is 1. The van der Waals surface area contributed by atoms with Gasteiger partial charge >= 0.3 is 5.97 Å².